The van der Waals surface area contributed by atoms with Crippen molar-refractivity contribution in [2.75, 3.05) is 17.6 Å². The summed E-state index contributed by atoms with van der Waals surface area (Å²) in [5, 5.41) is 9.58. The highest BCUT2D eigenvalue weighted by molar-refractivity contribution is 7.98. The van der Waals surface area contributed by atoms with Crippen molar-refractivity contribution in [3.05, 3.63) is 52.4 Å². The first-order valence-electron chi connectivity index (χ1n) is 8.64. The lowest BCUT2D eigenvalue weighted by atomic mass is 10.2. The molecule has 5 nitrogen and oxygen atoms in total. The smallest absolute Gasteiger partial charge is 0.319 e. The van der Waals surface area contributed by atoms with E-state index in [-0.39, 0.29) is 6.03 Å². The SMILES string of the molecule is Cc1ccc(NC(=O)NCCSCc2ccc(CNC(C)C)o2)cc1Cl. The van der Waals surface area contributed by atoms with Gasteiger partial charge in [0.05, 0.1) is 12.3 Å². The van der Waals surface area contributed by atoms with Gasteiger partial charge in [0, 0.05) is 29.0 Å². The van der Waals surface area contributed by atoms with Crippen LogP contribution in [0.3, 0.4) is 0 Å². The van der Waals surface area contributed by atoms with Crippen LogP contribution in [-0.4, -0.2) is 24.4 Å². The molecular weight excluding hydrogens is 370 g/mol. The quantitative estimate of drug-likeness (QED) is 0.534. The van der Waals surface area contributed by atoms with Crippen molar-refractivity contribution >= 4 is 35.1 Å². The van der Waals surface area contributed by atoms with E-state index in [1.807, 2.05) is 31.2 Å². The molecular formula is C19H26ClN3O2S. The fourth-order valence-electron chi connectivity index (χ4n) is 2.16. The topological polar surface area (TPSA) is 66.3 Å². The third-order valence-electron chi connectivity index (χ3n) is 3.61. The number of furan rings is 1. The molecule has 0 aliphatic rings. The number of carbonyl (C=O) groups excluding carboxylic acids is 1. The van der Waals surface area contributed by atoms with E-state index in [0.717, 1.165) is 35.1 Å². The van der Waals surface area contributed by atoms with E-state index >= 15 is 0 Å². The summed E-state index contributed by atoms with van der Waals surface area (Å²) in [7, 11) is 0. The van der Waals surface area contributed by atoms with Crippen LogP contribution in [0.5, 0.6) is 0 Å². The maximum atomic E-state index is 11.9. The van der Waals surface area contributed by atoms with E-state index in [4.69, 9.17) is 16.0 Å². The number of hydrogen-bond donors (Lipinski definition) is 3. The van der Waals surface area contributed by atoms with Crippen LogP contribution in [0.15, 0.2) is 34.7 Å². The average Bonchev–Trinajstić information content (AvgIpc) is 3.04. The van der Waals surface area contributed by atoms with Crippen molar-refractivity contribution in [3.63, 3.8) is 0 Å². The number of urea groups is 1. The number of rotatable bonds is 9. The minimum atomic E-state index is -0.231. The van der Waals surface area contributed by atoms with E-state index in [0.29, 0.717) is 23.3 Å². The molecule has 0 aliphatic carbocycles. The second-order valence-corrected chi connectivity index (χ2v) is 7.81. The number of benzene rings is 1. The molecule has 1 aromatic heterocycles. The number of halogens is 1. The summed E-state index contributed by atoms with van der Waals surface area (Å²) in [4.78, 5) is 11.9. The van der Waals surface area contributed by atoms with Gasteiger partial charge in [-0.25, -0.2) is 4.79 Å². The normalized spacial score (nSPS) is 11.0. The van der Waals surface area contributed by atoms with E-state index in [1.54, 1.807) is 17.8 Å². The number of aryl methyl sites for hydroxylation is 1. The van der Waals surface area contributed by atoms with Crippen molar-refractivity contribution in [2.45, 2.75) is 39.1 Å². The maximum absolute atomic E-state index is 11.9. The Morgan fingerprint density at radius 3 is 2.73 bits per heavy atom. The third kappa shape index (κ3) is 7.32. The van der Waals surface area contributed by atoms with Crippen molar-refractivity contribution in [2.24, 2.45) is 0 Å². The van der Waals surface area contributed by atoms with Crippen LogP contribution in [-0.2, 0) is 12.3 Å². The molecule has 3 N–H and O–H groups in total. The fourth-order valence-corrected chi connectivity index (χ4v) is 3.08. The monoisotopic (exact) mass is 395 g/mol. The van der Waals surface area contributed by atoms with Gasteiger partial charge >= 0.3 is 6.03 Å². The summed E-state index contributed by atoms with van der Waals surface area (Å²) >= 11 is 7.77. The van der Waals surface area contributed by atoms with Crippen LogP contribution in [0, 0.1) is 6.92 Å². The van der Waals surface area contributed by atoms with Crippen LogP contribution in [0.2, 0.25) is 5.02 Å². The minimum Gasteiger partial charge on any atom is -0.464 e. The Labute approximate surface area is 164 Å². The van der Waals surface area contributed by atoms with Gasteiger partial charge in [-0.2, -0.15) is 11.8 Å². The Morgan fingerprint density at radius 1 is 1.23 bits per heavy atom. The second-order valence-electron chi connectivity index (χ2n) is 6.30. The number of anilines is 1. The number of amides is 2. The van der Waals surface area contributed by atoms with Crippen molar-refractivity contribution in [1.29, 1.82) is 0 Å². The van der Waals surface area contributed by atoms with Crippen molar-refractivity contribution in [1.82, 2.24) is 10.6 Å². The van der Waals surface area contributed by atoms with Gasteiger partial charge < -0.3 is 20.4 Å². The second kappa shape index (κ2) is 10.5. The van der Waals surface area contributed by atoms with Gasteiger partial charge in [-0.05, 0) is 36.8 Å². The molecule has 0 bridgehead atoms. The van der Waals surface area contributed by atoms with Crippen LogP contribution >= 0.6 is 23.4 Å². The van der Waals surface area contributed by atoms with E-state index in [2.05, 4.69) is 29.8 Å². The zero-order valence-electron chi connectivity index (χ0n) is 15.4. The lowest BCUT2D eigenvalue weighted by Crippen LogP contribution is -2.30. The number of thioether (sulfide) groups is 1. The van der Waals surface area contributed by atoms with Crippen molar-refractivity contribution in [3.8, 4) is 0 Å². The van der Waals surface area contributed by atoms with Crippen LogP contribution < -0.4 is 16.0 Å². The molecule has 2 aromatic rings. The molecule has 1 aromatic carbocycles. The lowest BCUT2D eigenvalue weighted by molar-refractivity contribution is 0.252. The molecule has 0 spiro atoms. The molecule has 0 radical (unpaired) electrons. The van der Waals surface area contributed by atoms with Gasteiger partial charge in [-0.3, -0.25) is 0 Å². The van der Waals surface area contributed by atoms with Gasteiger partial charge in [-0.15, -0.1) is 0 Å². The van der Waals surface area contributed by atoms with Crippen LogP contribution in [0.4, 0.5) is 10.5 Å². The summed E-state index contributed by atoms with van der Waals surface area (Å²) in [6.45, 7) is 7.46. The zero-order valence-corrected chi connectivity index (χ0v) is 17.0. The molecule has 7 heteroatoms. The molecule has 1 heterocycles. The molecule has 0 unspecified atom stereocenters. The maximum Gasteiger partial charge on any atom is 0.319 e. The molecule has 2 amide bonds. The highest BCUT2D eigenvalue weighted by Crippen LogP contribution is 2.20. The summed E-state index contributed by atoms with van der Waals surface area (Å²) in [6.07, 6.45) is 0. The summed E-state index contributed by atoms with van der Waals surface area (Å²) in [6, 6.07) is 9.67. The first-order chi connectivity index (χ1) is 12.4. The lowest BCUT2D eigenvalue weighted by Gasteiger charge is -2.08. The van der Waals surface area contributed by atoms with E-state index in [9.17, 15) is 4.79 Å². The Hall–Kier alpha value is -1.63. The van der Waals surface area contributed by atoms with Crippen molar-refractivity contribution < 1.29 is 9.21 Å². The molecule has 2 rings (SSSR count). The molecule has 0 saturated heterocycles. The third-order valence-corrected chi connectivity index (χ3v) is 5.00. The van der Waals surface area contributed by atoms with E-state index in [1.165, 1.54) is 0 Å². The first-order valence-corrected chi connectivity index (χ1v) is 10.2. The Balaban J connectivity index is 1.61. The average molecular weight is 396 g/mol. The number of hydrogen-bond acceptors (Lipinski definition) is 4. The van der Waals surface area contributed by atoms with Gasteiger partial charge in [0.25, 0.3) is 0 Å². The highest BCUT2D eigenvalue weighted by atomic mass is 35.5. The molecule has 142 valence electrons. The van der Waals surface area contributed by atoms with Crippen LogP contribution in [0.25, 0.3) is 0 Å². The Bertz CT molecular complexity index is 719. The molecule has 0 aliphatic heterocycles. The minimum absolute atomic E-state index is 0.231. The molecule has 0 fully saturated rings. The largest absolute Gasteiger partial charge is 0.464 e. The Kier molecular flexibility index (Phi) is 8.35. The zero-order chi connectivity index (χ0) is 18.9. The van der Waals surface area contributed by atoms with Gasteiger partial charge in [0.15, 0.2) is 0 Å². The van der Waals surface area contributed by atoms with Gasteiger partial charge in [0.1, 0.15) is 11.5 Å². The standard InChI is InChI=1S/C19H26ClN3O2S/c1-13(2)22-11-16-6-7-17(25-16)12-26-9-8-21-19(24)23-15-5-4-14(3)18(20)10-15/h4-7,10,13,22H,8-9,11-12H2,1-3H3,(H2,21,23,24). The predicted octanol–water partition coefficient (Wildman–Crippen LogP) is 4.79. The van der Waals surface area contributed by atoms with E-state index < -0.39 is 0 Å². The summed E-state index contributed by atoms with van der Waals surface area (Å²) < 4.78 is 5.77. The molecule has 26 heavy (non-hydrogen) atoms. The Morgan fingerprint density at radius 2 is 2.00 bits per heavy atom. The number of carbonyl (C=O) groups is 1. The van der Waals surface area contributed by atoms with Gasteiger partial charge in [0.2, 0.25) is 0 Å². The van der Waals surface area contributed by atoms with Crippen LogP contribution in [0.1, 0.15) is 30.9 Å². The predicted molar refractivity (Wildman–Crippen MR) is 110 cm³/mol. The molecule has 0 atom stereocenters. The fraction of sp³-hybridized carbons (Fsp3) is 0.421. The highest BCUT2D eigenvalue weighted by Gasteiger charge is 2.05. The first kappa shape index (κ1) is 20.7. The summed E-state index contributed by atoms with van der Waals surface area (Å²) in [5.74, 6) is 3.50. The molecule has 0 saturated carbocycles. The number of nitrogens with one attached hydrogen (secondary N) is 3. The summed E-state index contributed by atoms with van der Waals surface area (Å²) in [5.41, 5.74) is 1.67. The van der Waals surface area contributed by atoms with Gasteiger partial charge in [-0.1, -0.05) is 31.5 Å².